The number of anilines is 1. The van der Waals surface area contributed by atoms with Gasteiger partial charge in [0.05, 0.1) is 16.1 Å². The molecule has 0 atom stereocenters. The molecule has 0 aliphatic rings. The summed E-state index contributed by atoms with van der Waals surface area (Å²) in [6.07, 6.45) is 3.12. The molecule has 6 nitrogen and oxygen atoms in total. The zero-order valence-electron chi connectivity index (χ0n) is 14.6. The van der Waals surface area contributed by atoms with Gasteiger partial charge in [-0.25, -0.2) is 8.42 Å². The molecule has 0 fully saturated rings. The lowest BCUT2D eigenvalue weighted by atomic mass is 10.0. The number of benzene rings is 2. The van der Waals surface area contributed by atoms with Gasteiger partial charge in [0.15, 0.2) is 0 Å². The number of pyridine rings is 2. The SMILES string of the molecule is O=C(c1ccccc1NS(=O)(=O)c1ccccc1)c1nccc2cccnc12. The first kappa shape index (κ1) is 17.8. The average Bonchev–Trinajstić information content (AvgIpc) is 2.73. The molecule has 7 heteroatoms. The predicted molar refractivity (Wildman–Crippen MR) is 107 cm³/mol. The first-order chi connectivity index (χ1) is 13.6. The minimum absolute atomic E-state index is 0.113. The molecule has 4 rings (SSSR count). The van der Waals surface area contributed by atoms with Gasteiger partial charge in [0, 0.05) is 23.3 Å². The maximum absolute atomic E-state index is 13.2. The summed E-state index contributed by atoms with van der Waals surface area (Å²) in [5, 5.41) is 0.781. The van der Waals surface area contributed by atoms with E-state index in [9.17, 15) is 13.2 Å². The number of para-hydroxylation sites is 1. The van der Waals surface area contributed by atoms with E-state index in [0.717, 1.165) is 5.39 Å². The Morgan fingerprint density at radius 1 is 0.786 bits per heavy atom. The Morgan fingerprint density at radius 3 is 2.36 bits per heavy atom. The van der Waals surface area contributed by atoms with Crippen molar-refractivity contribution < 1.29 is 13.2 Å². The number of nitrogens with one attached hydrogen (secondary N) is 1. The Bertz CT molecular complexity index is 1270. The Balaban J connectivity index is 1.77. The maximum atomic E-state index is 13.2. The summed E-state index contributed by atoms with van der Waals surface area (Å²) in [6, 6.07) is 19.8. The van der Waals surface area contributed by atoms with Crippen molar-refractivity contribution in [2.24, 2.45) is 0 Å². The van der Waals surface area contributed by atoms with Gasteiger partial charge in [0.1, 0.15) is 5.69 Å². The molecule has 138 valence electrons. The molecule has 2 aromatic heterocycles. The molecule has 2 heterocycles. The number of carbonyl (C=O) groups excluding carboxylic acids is 1. The van der Waals surface area contributed by atoms with Gasteiger partial charge in [-0.05, 0) is 36.4 Å². The first-order valence-electron chi connectivity index (χ1n) is 8.47. The third kappa shape index (κ3) is 3.35. The molecular weight excluding hydrogens is 374 g/mol. The van der Waals surface area contributed by atoms with E-state index in [2.05, 4.69) is 14.7 Å². The highest BCUT2D eigenvalue weighted by Gasteiger charge is 2.21. The summed E-state index contributed by atoms with van der Waals surface area (Å²) < 4.78 is 27.9. The summed E-state index contributed by atoms with van der Waals surface area (Å²) in [7, 11) is -3.83. The van der Waals surface area contributed by atoms with E-state index < -0.39 is 15.8 Å². The van der Waals surface area contributed by atoms with Crippen molar-refractivity contribution >= 4 is 32.4 Å². The van der Waals surface area contributed by atoms with E-state index in [1.165, 1.54) is 18.3 Å². The summed E-state index contributed by atoms with van der Waals surface area (Å²) in [5.74, 6) is -0.407. The van der Waals surface area contributed by atoms with Crippen LogP contribution in [0.2, 0.25) is 0 Å². The zero-order valence-corrected chi connectivity index (χ0v) is 15.4. The van der Waals surface area contributed by atoms with Crippen LogP contribution in [-0.2, 0) is 10.0 Å². The maximum Gasteiger partial charge on any atom is 0.261 e. The molecule has 0 aliphatic carbocycles. The van der Waals surface area contributed by atoms with Crippen LogP contribution in [0.1, 0.15) is 16.1 Å². The van der Waals surface area contributed by atoms with Crippen LogP contribution in [0.3, 0.4) is 0 Å². The van der Waals surface area contributed by atoms with Crippen LogP contribution in [0, 0.1) is 0 Å². The number of sulfonamides is 1. The van der Waals surface area contributed by atoms with Gasteiger partial charge in [-0.2, -0.15) is 0 Å². The van der Waals surface area contributed by atoms with Crippen LogP contribution in [0.5, 0.6) is 0 Å². The van der Waals surface area contributed by atoms with E-state index in [1.54, 1.807) is 60.8 Å². The van der Waals surface area contributed by atoms with Gasteiger partial charge in [-0.1, -0.05) is 36.4 Å². The fraction of sp³-hybridized carbons (Fsp3) is 0. The summed E-state index contributed by atoms with van der Waals surface area (Å²) >= 11 is 0. The predicted octanol–water partition coefficient (Wildman–Crippen LogP) is 3.66. The molecule has 0 saturated heterocycles. The van der Waals surface area contributed by atoms with Gasteiger partial charge in [0.2, 0.25) is 5.78 Å². The Labute approximate surface area is 162 Å². The number of fused-ring (bicyclic) bond motifs is 1. The van der Waals surface area contributed by atoms with Gasteiger partial charge in [-0.15, -0.1) is 0 Å². The second-order valence-electron chi connectivity index (χ2n) is 6.03. The Hall–Kier alpha value is -3.58. The van der Waals surface area contributed by atoms with Crippen LogP contribution in [0.15, 0.2) is 90.1 Å². The second-order valence-corrected chi connectivity index (χ2v) is 7.71. The lowest BCUT2D eigenvalue weighted by molar-refractivity contribution is 0.103. The molecule has 0 spiro atoms. The quantitative estimate of drug-likeness (QED) is 0.526. The summed E-state index contributed by atoms with van der Waals surface area (Å²) in [4.78, 5) is 21.7. The van der Waals surface area contributed by atoms with Crippen molar-refractivity contribution in [3.63, 3.8) is 0 Å². The van der Waals surface area contributed by atoms with Gasteiger partial charge in [-0.3, -0.25) is 19.5 Å². The van der Waals surface area contributed by atoms with Gasteiger partial charge >= 0.3 is 0 Å². The summed E-state index contributed by atoms with van der Waals surface area (Å²) in [6.45, 7) is 0. The van der Waals surface area contributed by atoms with E-state index in [1.807, 2.05) is 6.07 Å². The van der Waals surface area contributed by atoms with Gasteiger partial charge in [0.25, 0.3) is 10.0 Å². The number of aromatic nitrogens is 2. The molecule has 2 aromatic carbocycles. The smallest absolute Gasteiger partial charge is 0.261 e. The largest absolute Gasteiger partial charge is 0.287 e. The van der Waals surface area contributed by atoms with E-state index in [-0.39, 0.29) is 21.8 Å². The third-order valence-corrected chi connectivity index (χ3v) is 5.59. The van der Waals surface area contributed by atoms with Crippen LogP contribution in [-0.4, -0.2) is 24.2 Å². The van der Waals surface area contributed by atoms with E-state index >= 15 is 0 Å². The molecule has 28 heavy (non-hydrogen) atoms. The fourth-order valence-corrected chi connectivity index (χ4v) is 3.97. The van der Waals surface area contributed by atoms with Crippen molar-refractivity contribution in [1.29, 1.82) is 0 Å². The Morgan fingerprint density at radius 2 is 1.54 bits per heavy atom. The lowest BCUT2D eigenvalue weighted by Crippen LogP contribution is -2.16. The molecule has 1 N–H and O–H groups in total. The molecule has 0 radical (unpaired) electrons. The molecule has 0 aliphatic heterocycles. The standard InChI is InChI=1S/C21H15N3O3S/c25-21(20-19-15(12-14-23-20)7-6-13-22-19)17-10-4-5-11-18(17)24-28(26,27)16-8-2-1-3-9-16/h1-14,24H. The average molecular weight is 389 g/mol. The summed E-state index contributed by atoms with van der Waals surface area (Å²) in [5.41, 5.74) is 1.03. The number of ketones is 1. The minimum Gasteiger partial charge on any atom is -0.287 e. The number of nitrogens with zero attached hydrogens (tertiary/aromatic N) is 2. The molecular formula is C21H15N3O3S. The Kier molecular flexibility index (Phi) is 4.58. The number of hydrogen-bond acceptors (Lipinski definition) is 5. The molecule has 4 aromatic rings. The molecule has 0 saturated carbocycles. The highest BCUT2D eigenvalue weighted by molar-refractivity contribution is 7.92. The number of rotatable bonds is 5. The number of hydrogen-bond donors (Lipinski definition) is 1. The topological polar surface area (TPSA) is 89.0 Å². The highest BCUT2D eigenvalue weighted by Crippen LogP contribution is 2.24. The van der Waals surface area contributed by atoms with Crippen LogP contribution < -0.4 is 4.72 Å². The normalized spacial score (nSPS) is 11.3. The molecule has 0 unspecified atom stereocenters. The van der Waals surface area contributed by atoms with Gasteiger partial charge < -0.3 is 0 Å². The minimum atomic E-state index is -3.83. The van der Waals surface area contributed by atoms with Crippen molar-refractivity contribution in [1.82, 2.24) is 9.97 Å². The molecule has 0 amide bonds. The van der Waals surface area contributed by atoms with Crippen LogP contribution in [0.25, 0.3) is 10.9 Å². The third-order valence-electron chi connectivity index (χ3n) is 4.21. The first-order valence-corrected chi connectivity index (χ1v) is 9.96. The van der Waals surface area contributed by atoms with Crippen LogP contribution >= 0.6 is 0 Å². The number of carbonyl (C=O) groups is 1. The van der Waals surface area contributed by atoms with Crippen molar-refractivity contribution in [2.45, 2.75) is 4.90 Å². The van der Waals surface area contributed by atoms with Crippen LogP contribution in [0.4, 0.5) is 5.69 Å². The molecule has 0 bridgehead atoms. The highest BCUT2D eigenvalue weighted by atomic mass is 32.2. The van der Waals surface area contributed by atoms with Crippen molar-refractivity contribution in [3.05, 3.63) is 96.4 Å². The fourth-order valence-electron chi connectivity index (χ4n) is 2.87. The van der Waals surface area contributed by atoms with Crippen molar-refractivity contribution in [2.75, 3.05) is 4.72 Å². The lowest BCUT2D eigenvalue weighted by Gasteiger charge is -2.12. The van der Waals surface area contributed by atoms with Crippen molar-refractivity contribution in [3.8, 4) is 0 Å². The van der Waals surface area contributed by atoms with E-state index in [4.69, 9.17) is 0 Å². The monoisotopic (exact) mass is 389 g/mol. The second kappa shape index (κ2) is 7.21. The van der Waals surface area contributed by atoms with E-state index in [0.29, 0.717) is 5.52 Å². The zero-order chi connectivity index (χ0) is 19.6.